The van der Waals surface area contributed by atoms with Crippen molar-refractivity contribution in [3.63, 3.8) is 0 Å². The van der Waals surface area contributed by atoms with Crippen molar-refractivity contribution in [2.45, 2.75) is 38.6 Å². The maximum absolute atomic E-state index is 12.2. The van der Waals surface area contributed by atoms with Gasteiger partial charge in [-0.15, -0.1) is 0 Å². The third-order valence-corrected chi connectivity index (χ3v) is 4.06. The molecule has 1 aromatic rings. The predicted molar refractivity (Wildman–Crippen MR) is 74.1 cm³/mol. The Morgan fingerprint density at radius 2 is 2.25 bits per heavy atom. The molecule has 1 saturated carbocycles. The number of nitrogens with two attached hydrogens (primary N) is 1. The lowest BCUT2D eigenvalue weighted by atomic mass is 9.71. The second-order valence-electron chi connectivity index (χ2n) is 5.44. The molecule has 0 radical (unpaired) electrons. The van der Waals surface area contributed by atoms with Crippen LogP contribution in [-0.4, -0.2) is 28.0 Å². The average molecular weight is 277 g/mol. The number of hydrogen-bond acceptors (Lipinski definition) is 4. The quantitative estimate of drug-likeness (QED) is 0.775. The zero-order valence-electron chi connectivity index (χ0n) is 11.4. The summed E-state index contributed by atoms with van der Waals surface area (Å²) in [6, 6.07) is 2.84. The van der Waals surface area contributed by atoms with Gasteiger partial charge in [0.15, 0.2) is 5.69 Å². The van der Waals surface area contributed by atoms with Crippen molar-refractivity contribution < 1.29 is 14.7 Å². The van der Waals surface area contributed by atoms with E-state index in [0.717, 1.165) is 12.8 Å². The van der Waals surface area contributed by atoms with E-state index in [1.807, 2.05) is 0 Å². The van der Waals surface area contributed by atoms with Gasteiger partial charge in [0.2, 0.25) is 0 Å². The average Bonchev–Trinajstić information content (AvgIpc) is 2.41. The summed E-state index contributed by atoms with van der Waals surface area (Å²) in [7, 11) is 0. The van der Waals surface area contributed by atoms with Crippen molar-refractivity contribution in [3.8, 4) is 0 Å². The maximum atomic E-state index is 12.2. The second-order valence-corrected chi connectivity index (χ2v) is 5.44. The molecule has 2 rings (SSSR count). The van der Waals surface area contributed by atoms with Gasteiger partial charge < -0.3 is 16.2 Å². The van der Waals surface area contributed by atoms with Gasteiger partial charge in [-0.1, -0.05) is 12.8 Å². The molecule has 1 amide bonds. The third-order valence-electron chi connectivity index (χ3n) is 4.06. The maximum Gasteiger partial charge on any atom is 0.311 e. The van der Waals surface area contributed by atoms with E-state index in [4.69, 9.17) is 5.73 Å². The monoisotopic (exact) mass is 277 g/mol. The zero-order valence-corrected chi connectivity index (χ0v) is 11.4. The van der Waals surface area contributed by atoms with E-state index in [0.29, 0.717) is 12.8 Å². The van der Waals surface area contributed by atoms with Gasteiger partial charge in [0.25, 0.3) is 5.91 Å². The van der Waals surface area contributed by atoms with Crippen molar-refractivity contribution in [2.24, 2.45) is 5.41 Å². The SMILES string of the molecule is CC1(C(=O)O)CCCCC1NC(=O)c1ncccc1N. The van der Waals surface area contributed by atoms with Crippen molar-refractivity contribution >= 4 is 17.6 Å². The Labute approximate surface area is 117 Å². The molecule has 2 atom stereocenters. The molecule has 4 N–H and O–H groups in total. The molecule has 2 unspecified atom stereocenters. The number of anilines is 1. The standard InChI is InChI=1S/C14H19N3O3/c1-14(13(19)20)7-3-2-6-10(14)17-12(18)11-9(15)5-4-8-16-11/h4-5,8,10H,2-3,6-7,15H2,1H3,(H,17,18)(H,19,20). The topological polar surface area (TPSA) is 105 Å². The van der Waals surface area contributed by atoms with Crippen LogP contribution in [0.4, 0.5) is 5.69 Å². The molecule has 0 saturated heterocycles. The first-order valence-electron chi connectivity index (χ1n) is 6.70. The van der Waals surface area contributed by atoms with E-state index in [-0.39, 0.29) is 11.4 Å². The van der Waals surface area contributed by atoms with Crippen molar-refractivity contribution in [1.29, 1.82) is 0 Å². The minimum Gasteiger partial charge on any atom is -0.481 e. The fourth-order valence-electron chi connectivity index (χ4n) is 2.65. The number of nitrogen functional groups attached to an aromatic ring is 1. The van der Waals surface area contributed by atoms with Gasteiger partial charge in [-0.25, -0.2) is 4.98 Å². The molecule has 0 spiro atoms. The molecule has 20 heavy (non-hydrogen) atoms. The fraction of sp³-hybridized carbons (Fsp3) is 0.500. The second kappa shape index (κ2) is 5.48. The molecule has 1 aliphatic carbocycles. The Morgan fingerprint density at radius 1 is 1.50 bits per heavy atom. The molecule has 1 fully saturated rings. The highest BCUT2D eigenvalue weighted by Gasteiger charge is 2.44. The van der Waals surface area contributed by atoms with Crippen LogP contribution in [-0.2, 0) is 4.79 Å². The minimum atomic E-state index is -0.933. The van der Waals surface area contributed by atoms with Crippen LogP contribution in [0.25, 0.3) is 0 Å². The highest BCUT2D eigenvalue weighted by molar-refractivity contribution is 5.97. The van der Waals surface area contributed by atoms with Crippen LogP contribution in [0.2, 0.25) is 0 Å². The number of rotatable bonds is 3. The van der Waals surface area contributed by atoms with Gasteiger partial charge in [0.05, 0.1) is 11.1 Å². The smallest absolute Gasteiger partial charge is 0.311 e. The van der Waals surface area contributed by atoms with E-state index < -0.39 is 23.3 Å². The highest BCUT2D eigenvalue weighted by Crippen LogP contribution is 2.36. The van der Waals surface area contributed by atoms with E-state index in [1.54, 1.807) is 19.1 Å². The van der Waals surface area contributed by atoms with Crippen LogP contribution in [0.15, 0.2) is 18.3 Å². The summed E-state index contributed by atoms with van der Waals surface area (Å²) >= 11 is 0. The summed E-state index contributed by atoms with van der Waals surface area (Å²) in [5, 5.41) is 12.2. The molecule has 1 aliphatic rings. The van der Waals surface area contributed by atoms with Crippen LogP contribution in [0.3, 0.4) is 0 Å². The number of amides is 1. The molecule has 6 heteroatoms. The Morgan fingerprint density at radius 3 is 2.90 bits per heavy atom. The van der Waals surface area contributed by atoms with Crippen LogP contribution < -0.4 is 11.1 Å². The number of carbonyl (C=O) groups excluding carboxylic acids is 1. The Kier molecular flexibility index (Phi) is 3.92. The lowest BCUT2D eigenvalue weighted by molar-refractivity contribution is -0.151. The Bertz CT molecular complexity index is 532. The van der Waals surface area contributed by atoms with E-state index >= 15 is 0 Å². The minimum absolute atomic E-state index is 0.144. The fourth-order valence-corrected chi connectivity index (χ4v) is 2.65. The first-order valence-corrected chi connectivity index (χ1v) is 6.70. The number of nitrogens with zero attached hydrogens (tertiary/aromatic N) is 1. The molecule has 0 aliphatic heterocycles. The van der Waals surface area contributed by atoms with Crippen LogP contribution in [0.5, 0.6) is 0 Å². The molecular formula is C14H19N3O3. The summed E-state index contributed by atoms with van der Waals surface area (Å²) in [6.07, 6.45) is 4.47. The predicted octanol–water partition coefficient (Wildman–Crippen LogP) is 1.43. The summed E-state index contributed by atoms with van der Waals surface area (Å²) < 4.78 is 0. The first-order chi connectivity index (χ1) is 9.45. The normalized spacial score (nSPS) is 25.9. The summed E-state index contributed by atoms with van der Waals surface area (Å²) in [5.74, 6) is -1.29. The summed E-state index contributed by atoms with van der Waals surface area (Å²) in [6.45, 7) is 1.68. The number of pyridine rings is 1. The lowest BCUT2D eigenvalue weighted by Crippen LogP contribution is -2.52. The molecule has 0 aromatic carbocycles. The molecular weight excluding hydrogens is 258 g/mol. The van der Waals surface area contributed by atoms with Gasteiger partial charge in [-0.2, -0.15) is 0 Å². The highest BCUT2D eigenvalue weighted by atomic mass is 16.4. The molecule has 1 heterocycles. The number of carboxylic acids is 1. The summed E-state index contributed by atoms with van der Waals surface area (Å²) in [4.78, 5) is 27.6. The van der Waals surface area contributed by atoms with Crippen LogP contribution in [0.1, 0.15) is 43.1 Å². The van der Waals surface area contributed by atoms with E-state index in [2.05, 4.69) is 10.3 Å². The van der Waals surface area contributed by atoms with Crippen LogP contribution >= 0.6 is 0 Å². The van der Waals surface area contributed by atoms with Gasteiger partial charge in [0.1, 0.15) is 0 Å². The van der Waals surface area contributed by atoms with Gasteiger partial charge in [-0.05, 0) is 31.9 Å². The third kappa shape index (κ3) is 2.59. The number of aliphatic carboxylic acids is 1. The number of hydrogen-bond donors (Lipinski definition) is 3. The molecule has 6 nitrogen and oxygen atoms in total. The van der Waals surface area contributed by atoms with Gasteiger partial charge in [-0.3, -0.25) is 9.59 Å². The Balaban J connectivity index is 2.18. The number of nitrogens with one attached hydrogen (secondary N) is 1. The summed E-state index contributed by atoms with van der Waals surface area (Å²) in [5.41, 5.74) is 5.22. The number of carbonyl (C=O) groups is 2. The molecule has 1 aromatic heterocycles. The van der Waals surface area contributed by atoms with Crippen molar-refractivity contribution in [2.75, 3.05) is 5.73 Å². The van der Waals surface area contributed by atoms with Crippen molar-refractivity contribution in [1.82, 2.24) is 10.3 Å². The zero-order chi connectivity index (χ0) is 14.8. The van der Waals surface area contributed by atoms with E-state index in [9.17, 15) is 14.7 Å². The van der Waals surface area contributed by atoms with Gasteiger partial charge in [0, 0.05) is 12.2 Å². The molecule has 108 valence electrons. The molecule has 0 bridgehead atoms. The Hall–Kier alpha value is -2.11. The number of aromatic nitrogens is 1. The van der Waals surface area contributed by atoms with E-state index in [1.165, 1.54) is 6.20 Å². The van der Waals surface area contributed by atoms with Crippen molar-refractivity contribution in [3.05, 3.63) is 24.0 Å². The van der Waals surface area contributed by atoms with Gasteiger partial charge >= 0.3 is 5.97 Å². The van der Waals surface area contributed by atoms with Crippen LogP contribution in [0, 0.1) is 5.41 Å². The lowest BCUT2D eigenvalue weighted by Gasteiger charge is -2.38. The first kappa shape index (κ1) is 14.3. The number of carboxylic acid groups (broad SMARTS) is 1. The largest absolute Gasteiger partial charge is 0.481 e.